The third kappa shape index (κ3) is 5.21. The minimum absolute atomic E-state index is 0.264. The molecule has 0 unspecified atom stereocenters. The van der Waals surface area contributed by atoms with Gasteiger partial charge in [0.2, 0.25) is 0 Å². The van der Waals surface area contributed by atoms with E-state index in [-0.39, 0.29) is 6.61 Å². The molecule has 0 fully saturated rings. The Hall–Kier alpha value is -1.51. The minimum atomic E-state index is -2.41. The van der Waals surface area contributed by atoms with Gasteiger partial charge in [-0.1, -0.05) is 6.07 Å². The highest BCUT2D eigenvalue weighted by Crippen LogP contribution is 2.10. The molecule has 0 aliphatic rings. The van der Waals surface area contributed by atoms with Gasteiger partial charge >= 0.3 is 0 Å². The summed E-state index contributed by atoms with van der Waals surface area (Å²) < 4.78 is 28.3. The lowest BCUT2D eigenvalue weighted by Gasteiger charge is -2.08. The van der Waals surface area contributed by atoms with Crippen LogP contribution < -0.4 is 5.32 Å². The molecule has 18 heavy (non-hydrogen) atoms. The Morgan fingerprint density at radius 1 is 1.44 bits per heavy atom. The van der Waals surface area contributed by atoms with Gasteiger partial charge < -0.3 is 10.1 Å². The maximum atomic E-state index is 11.8. The van der Waals surface area contributed by atoms with Crippen molar-refractivity contribution in [1.82, 2.24) is 5.32 Å². The summed E-state index contributed by atoms with van der Waals surface area (Å²) >= 11 is 0. The summed E-state index contributed by atoms with van der Waals surface area (Å²) in [6.07, 6.45) is -2.41. The van der Waals surface area contributed by atoms with Crippen molar-refractivity contribution in [3.63, 3.8) is 0 Å². The highest BCUT2D eigenvalue weighted by Gasteiger charge is 2.02. The van der Waals surface area contributed by atoms with Crippen molar-refractivity contribution in [3.05, 3.63) is 34.9 Å². The van der Waals surface area contributed by atoms with E-state index in [1.165, 1.54) is 0 Å². The van der Waals surface area contributed by atoms with Crippen molar-refractivity contribution in [3.8, 4) is 6.07 Å². The minimum Gasteiger partial charge on any atom is -0.374 e. The molecule has 0 aromatic heterocycles. The van der Waals surface area contributed by atoms with E-state index in [2.05, 4.69) is 11.4 Å². The van der Waals surface area contributed by atoms with Gasteiger partial charge in [-0.25, -0.2) is 8.78 Å². The van der Waals surface area contributed by atoms with Gasteiger partial charge in [-0.15, -0.1) is 0 Å². The Balaban J connectivity index is 2.25. The molecule has 0 aliphatic carbocycles. The first-order chi connectivity index (χ1) is 8.63. The second-order valence-electron chi connectivity index (χ2n) is 3.90. The molecule has 0 atom stereocenters. The predicted octanol–water partition coefficient (Wildman–Crippen LogP) is 2.24. The largest absolute Gasteiger partial charge is 0.374 e. The van der Waals surface area contributed by atoms with E-state index in [4.69, 9.17) is 10.00 Å². The van der Waals surface area contributed by atoms with Gasteiger partial charge in [0.05, 0.1) is 18.2 Å². The molecule has 0 saturated heterocycles. The van der Waals surface area contributed by atoms with Crippen molar-refractivity contribution in [2.75, 3.05) is 19.8 Å². The van der Waals surface area contributed by atoms with E-state index in [0.717, 1.165) is 11.1 Å². The Bertz CT molecular complexity index is 416. The summed E-state index contributed by atoms with van der Waals surface area (Å²) in [4.78, 5) is 0. The number of nitrogens with zero attached hydrogens (tertiary/aromatic N) is 1. The van der Waals surface area contributed by atoms with E-state index in [0.29, 0.717) is 18.7 Å². The molecular formula is C13H16F2N2O. The average Bonchev–Trinajstić information content (AvgIpc) is 2.34. The zero-order chi connectivity index (χ0) is 13.4. The molecule has 98 valence electrons. The molecule has 0 heterocycles. The Labute approximate surface area is 105 Å². The van der Waals surface area contributed by atoms with Gasteiger partial charge in [-0.3, -0.25) is 0 Å². The zero-order valence-corrected chi connectivity index (χ0v) is 10.2. The summed E-state index contributed by atoms with van der Waals surface area (Å²) in [7, 11) is 0. The first kappa shape index (κ1) is 14.6. The molecule has 1 aromatic rings. The number of nitrogens with one attached hydrogen (secondary N) is 1. The number of ether oxygens (including phenoxy) is 1. The van der Waals surface area contributed by atoms with Crippen LogP contribution in [0.25, 0.3) is 0 Å². The van der Waals surface area contributed by atoms with Crippen LogP contribution in [0.15, 0.2) is 18.2 Å². The van der Waals surface area contributed by atoms with Crippen LogP contribution in [0.5, 0.6) is 0 Å². The SMILES string of the molecule is Cc1cc(C#N)ccc1CNCCOCC(F)F. The van der Waals surface area contributed by atoms with Crippen molar-refractivity contribution >= 4 is 0 Å². The first-order valence-electron chi connectivity index (χ1n) is 5.69. The number of hydrogen-bond acceptors (Lipinski definition) is 3. The Morgan fingerprint density at radius 3 is 2.83 bits per heavy atom. The Kier molecular flexibility index (Phi) is 6.26. The normalized spacial score (nSPS) is 10.6. The summed E-state index contributed by atoms with van der Waals surface area (Å²) in [5, 5.41) is 11.8. The number of alkyl halides is 2. The molecule has 0 amide bonds. The molecule has 1 aromatic carbocycles. The van der Waals surface area contributed by atoms with Crippen LogP contribution in [-0.4, -0.2) is 26.2 Å². The molecule has 1 N–H and O–H groups in total. The summed E-state index contributed by atoms with van der Waals surface area (Å²) in [5.41, 5.74) is 2.76. The van der Waals surface area contributed by atoms with Gasteiger partial charge in [0.15, 0.2) is 0 Å². The van der Waals surface area contributed by atoms with Crippen LogP contribution in [0.4, 0.5) is 8.78 Å². The van der Waals surface area contributed by atoms with Crippen molar-refractivity contribution < 1.29 is 13.5 Å². The standard InChI is InChI=1S/C13H16F2N2O/c1-10-6-11(7-16)2-3-12(10)8-17-4-5-18-9-13(14)15/h2-3,6,13,17H,4-5,8-9H2,1H3. The quantitative estimate of drug-likeness (QED) is 0.759. The lowest BCUT2D eigenvalue weighted by atomic mass is 10.1. The van der Waals surface area contributed by atoms with Gasteiger partial charge in [-0.2, -0.15) is 5.26 Å². The molecule has 0 spiro atoms. The average molecular weight is 254 g/mol. The third-order valence-electron chi connectivity index (χ3n) is 2.45. The molecule has 5 heteroatoms. The van der Waals surface area contributed by atoms with Gasteiger partial charge in [-0.05, 0) is 30.2 Å². The fourth-order valence-electron chi connectivity index (χ4n) is 1.50. The van der Waals surface area contributed by atoms with E-state index < -0.39 is 13.0 Å². The predicted molar refractivity (Wildman–Crippen MR) is 64.4 cm³/mol. The van der Waals surface area contributed by atoms with Crippen molar-refractivity contribution in [1.29, 1.82) is 5.26 Å². The highest BCUT2D eigenvalue weighted by molar-refractivity contribution is 5.37. The van der Waals surface area contributed by atoms with Crippen LogP contribution >= 0.6 is 0 Å². The van der Waals surface area contributed by atoms with Crippen LogP contribution in [0.1, 0.15) is 16.7 Å². The number of hydrogen-bond donors (Lipinski definition) is 1. The van der Waals surface area contributed by atoms with Crippen molar-refractivity contribution in [2.24, 2.45) is 0 Å². The van der Waals surface area contributed by atoms with Gasteiger partial charge in [0.25, 0.3) is 6.43 Å². The third-order valence-corrected chi connectivity index (χ3v) is 2.45. The van der Waals surface area contributed by atoms with Crippen LogP contribution in [0.2, 0.25) is 0 Å². The van der Waals surface area contributed by atoms with E-state index in [1.807, 2.05) is 19.1 Å². The fraction of sp³-hybridized carbons (Fsp3) is 0.462. The highest BCUT2D eigenvalue weighted by atomic mass is 19.3. The molecule has 0 bridgehead atoms. The maximum absolute atomic E-state index is 11.8. The fourth-order valence-corrected chi connectivity index (χ4v) is 1.50. The maximum Gasteiger partial charge on any atom is 0.261 e. The number of aryl methyl sites for hydroxylation is 1. The molecule has 0 radical (unpaired) electrons. The molecule has 0 aliphatic heterocycles. The summed E-state index contributed by atoms with van der Waals surface area (Å²) in [6.45, 7) is 2.84. The van der Waals surface area contributed by atoms with E-state index >= 15 is 0 Å². The number of halogens is 2. The lowest BCUT2D eigenvalue weighted by Crippen LogP contribution is -2.21. The monoisotopic (exact) mass is 254 g/mol. The molecule has 3 nitrogen and oxygen atoms in total. The summed E-state index contributed by atoms with van der Waals surface area (Å²) in [5.74, 6) is 0. The second kappa shape index (κ2) is 7.75. The second-order valence-corrected chi connectivity index (χ2v) is 3.90. The number of nitriles is 1. The molecular weight excluding hydrogens is 238 g/mol. The number of benzene rings is 1. The first-order valence-corrected chi connectivity index (χ1v) is 5.69. The topological polar surface area (TPSA) is 45.0 Å². The molecule has 0 saturated carbocycles. The summed E-state index contributed by atoms with van der Waals surface area (Å²) in [6, 6.07) is 7.55. The smallest absolute Gasteiger partial charge is 0.261 e. The van der Waals surface area contributed by atoms with E-state index in [1.54, 1.807) is 6.07 Å². The number of rotatable bonds is 7. The van der Waals surface area contributed by atoms with Crippen LogP contribution in [-0.2, 0) is 11.3 Å². The van der Waals surface area contributed by atoms with Crippen LogP contribution in [0.3, 0.4) is 0 Å². The zero-order valence-electron chi connectivity index (χ0n) is 10.2. The van der Waals surface area contributed by atoms with E-state index in [9.17, 15) is 8.78 Å². The lowest BCUT2D eigenvalue weighted by molar-refractivity contribution is 0.0187. The Morgan fingerprint density at radius 2 is 2.22 bits per heavy atom. The molecule has 1 rings (SSSR count). The van der Waals surface area contributed by atoms with Gasteiger partial charge in [0.1, 0.15) is 6.61 Å². The van der Waals surface area contributed by atoms with Crippen molar-refractivity contribution in [2.45, 2.75) is 19.9 Å². The van der Waals surface area contributed by atoms with Crippen LogP contribution in [0, 0.1) is 18.3 Å². The van der Waals surface area contributed by atoms with Gasteiger partial charge in [0, 0.05) is 13.1 Å².